The molecule has 0 spiro atoms. The van der Waals surface area contributed by atoms with Crippen LogP contribution < -0.4 is 15.5 Å². The van der Waals surface area contributed by atoms with Gasteiger partial charge in [-0.25, -0.2) is 0 Å². The second kappa shape index (κ2) is 9.97. The summed E-state index contributed by atoms with van der Waals surface area (Å²) in [6.45, 7) is 7.44. The summed E-state index contributed by atoms with van der Waals surface area (Å²) in [6, 6.07) is 8.89. The van der Waals surface area contributed by atoms with Gasteiger partial charge in [-0.15, -0.1) is 0 Å². The molecule has 2 fully saturated rings. The molecule has 1 amide bonds. The summed E-state index contributed by atoms with van der Waals surface area (Å²) in [5, 5.41) is 6.92. The Balaban J connectivity index is 1.45. The molecule has 27 heavy (non-hydrogen) atoms. The molecule has 2 N–H and O–H groups in total. The molecule has 2 saturated heterocycles. The maximum Gasteiger partial charge on any atom is 0.222 e. The Morgan fingerprint density at radius 3 is 2.81 bits per heavy atom. The van der Waals surface area contributed by atoms with Gasteiger partial charge >= 0.3 is 0 Å². The summed E-state index contributed by atoms with van der Waals surface area (Å²) in [6.07, 6.45) is 3.73. The number of carbonyl (C=O) groups is 1. The van der Waals surface area contributed by atoms with Crippen LogP contribution in [-0.2, 0) is 4.79 Å². The molecular weight excluding hydrogens is 406 g/mol. The number of hydrogen-bond donors (Lipinski definition) is 2. The quantitative estimate of drug-likeness (QED) is 0.392. The third-order valence-corrected chi connectivity index (χ3v) is 5.62. The number of nitrogens with one attached hydrogen (secondary N) is 2. The highest BCUT2D eigenvalue weighted by atomic mass is 79.9. The zero-order chi connectivity index (χ0) is 19.1. The van der Waals surface area contributed by atoms with Crippen molar-refractivity contribution in [3.8, 4) is 0 Å². The Morgan fingerprint density at radius 2 is 2.11 bits per heavy atom. The number of hydrogen-bond acceptors (Lipinski definition) is 3. The molecule has 148 valence electrons. The lowest BCUT2D eigenvalue weighted by molar-refractivity contribution is -0.127. The monoisotopic (exact) mass is 435 g/mol. The van der Waals surface area contributed by atoms with Crippen LogP contribution in [0.4, 0.5) is 5.69 Å². The molecule has 0 aliphatic carbocycles. The molecule has 1 aromatic carbocycles. The Bertz CT molecular complexity index is 648. The van der Waals surface area contributed by atoms with E-state index >= 15 is 0 Å². The van der Waals surface area contributed by atoms with Crippen molar-refractivity contribution in [2.75, 3.05) is 44.2 Å². The predicted octanol–water partition coefficient (Wildman–Crippen LogP) is 2.60. The van der Waals surface area contributed by atoms with Crippen LogP contribution in [0.2, 0.25) is 0 Å². The molecule has 2 aliphatic heterocycles. The van der Waals surface area contributed by atoms with E-state index in [1.807, 2.05) is 4.90 Å². The van der Waals surface area contributed by atoms with Crippen molar-refractivity contribution in [3.05, 3.63) is 28.7 Å². The van der Waals surface area contributed by atoms with Crippen molar-refractivity contribution in [2.45, 2.75) is 38.6 Å². The van der Waals surface area contributed by atoms with Gasteiger partial charge < -0.3 is 20.4 Å². The lowest BCUT2D eigenvalue weighted by Crippen LogP contribution is -2.44. The average Bonchev–Trinajstić information content (AvgIpc) is 3.29. The SMILES string of the molecule is CCNC(=NCCCN1CCCC1=O)NC1CCN(c2ccc(Br)cc2)C1. The smallest absolute Gasteiger partial charge is 0.222 e. The fourth-order valence-electron chi connectivity index (χ4n) is 3.67. The van der Waals surface area contributed by atoms with Gasteiger partial charge in [0.15, 0.2) is 5.96 Å². The van der Waals surface area contributed by atoms with Gasteiger partial charge in [-0.3, -0.25) is 9.79 Å². The van der Waals surface area contributed by atoms with Crippen molar-refractivity contribution < 1.29 is 4.79 Å². The normalized spacial score (nSPS) is 20.4. The van der Waals surface area contributed by atoms with Crippen LogP contribution in [0.5, 0.6) is 0 Å². The molecule has 0 aromatic heterocycles. The van der Waals surface area contributed by atoms with Crippen LogP contribution in [0.15, 0.2) is 33.7 Å². The van der Waals surface area contributed by atoms with Gasteiger partial charge in [-0.1, -0.05) is 15.9 Å². The van der Waals surface area contributed by atoms with Gasteiger partial charge in [0, 0.05) is 61.9 Å². The van der Waals surface area contributed by atoms with Crippen molar-refractivity contribution in [1.29, 1.82) is 0 Å². The van der Waals surface area contributed by atoms with Crippen LogP contribution in [-0.4, -0.2) is 62.1 Å². The molecule has 0 radical (unpaired) electrons. The van der Waals surface area contributed by atoms with E-state index in [2.05, 4.69) is 62.7 Å². The van der Waals surface area contributed by atoms with E-state index in [4.69, 9.17) is 4.99 Å². The molecule has 2 heterocycles. The van der Waals surface area contributed by atoms with Crippen LogP contribution in [0.25, 0.3) is 0 Å². The minimum absolute atomic E-state index is 0.294. The zero-order valence-electron chi connectivity index (χ0n) is 16.1. The minimum Gasteiger partial charge on any atom is -0.369 e. The summed E-state index contributed by atoms with van der Waals surface area (Å²) >= 11 is 3.49. The number of likely N-dealkylation sites (tertiary alicyclic amines) is 1. The van der Waals surface area contributed by atoms with E-state index in [1.165, 1.54) is 5.69 Å². The van der Waals surface area contributed by atoms with Crippen LogP contribution >= 0.6 is 15.9 Å². The number of nitrogens with zero attached hydrogens (tertiary/aromatic N) is 3. The number of guanidine groups is 1. The standard InChI is InChI=1S/C20H30BrN5O/c1-2-22-20(23-11-4-13-25-12-3-5-19(25)27)24-17-10-14-26(15-17)18-8-6-16(21)7-9-18/h6-9,17H,2-5,10-15H2,1H3,(H2,22,23,24). The largest absolute Gasteiger partial charge is 0.369 e. The van der Waals surface area contributed by atoms with Gasteiger partial charge in [0.05, 0.1) is 0 Å². The maximum atomic E-state index is 11.7. The second-order valence-electron chi connectivity index (χ2n) is 7.15. The number of rotatable bonds is 7. The van der Waals surface area contributed by atoms with Crippen LogP contribution in [0.3, 0.4) is 0 Å². The van der Waals surface area contributed by atoms with Gasteiger partial charge in [-0.05, 0) is 50.5 Å². The fourth-order valence-corrected chi connectivity index (χ4v) is 3.94. The minimum atomic E-state index is 0.294. The molecule has 3 rings (SSSR count). The van der Waals surface area contributed by atoms with Gasteiger partial charge in [-0.2, -0.15) is 0 Å². The summed E-state index contributed by atoms with van der Waals surface area (Å²) in [4.78, 5) is 20.7. The summed E-state index contributed by atoms with van der Waals surface area (Å²) < 4.78 is 1.11. The van der Waals surface area contributed by atoms with E-state index in [0.717, 1.165) is 69.0 Å². The number of carbonyl (C=O) groups excluding carboxylic acids is 1. The molecule has 0 bridgehead atoms. The predicted molar refractivity (Wildman–Crippen MR) is 114 cm³/mol. The molecule has 1 atom stereocenters. The molecule has 1 aromatic rings. The summed E-state index contributed by atoms with van der Waals surface area (Å²) in [5.41, 5.74) is 1.26. The topological polar surface area (TPSA) is 60.0 Å². The first-order valence-corrected chi connectivity index (χ1v) is 10.8. The molecule has 0 saturated carbocycles. The Kier molecular flexibility index (Phi) is 7.38. The van der Waals surface area contributed by atoms with Crippen molar-refractivity contribution in [1.82, 2.24) is 15.5 Å². The Hall–Kier alpha value is -1.76. The molecular formula is C20H30BrN5O. The number of benzene rings is 1. The average molecular weight is 436 g/mol. The summed E-state index contributed by atoms with van der Waals surface area (Å²) in [7, 11) is 0. The Morgan fingerprint density at radius 1 is 1.30 bits per heavy atom. The van der Waals surface area contributed by atoms with Crippen LogP contribution in [0, 0.1) is 0 Å². The third kappa shape index (κ3) is 5.86. The van der Waals surface area contributed by atoms with Gasteiger partial charge in [0.25, 0.3) is 0 Å². The molecule has 2 aliphatic rings. The fraction of sp³-hybridized carbons (Fsp3) is 0.600. The van der Waals surface area contributed by atoms with E-state index in [0.29, 0.717) is 18.4 Å². The first-order chi connectivity index (χ1) is 13.2. The maximum absolute atomic E-state index is 11.7. The van der Waals surface area contributed by atoms with E-state index in [1.54, 1.807) is 0 Å². The first-order valence-electron chi connectivity index (χ1n) is 9.99. The summed E-state index contributed by atoms with van der Waals surface area (Å²) in [5.74, 6) is 1.18. The van der Waals surface area contributed by atoms with Crippen molar-refractivity contribution >= 4 is 33.5 Å². The zero-order valence-corrected chi connectivity index (χ0v) is 17.7. The van der Waals surface area contributed by atoms with Crippen molar-refractivity contribution in [2.24, 2.45) is 4.99 Å². The molecule has 1 unspecified atom stereocenters. The first kappa shape index (κ1) is 20.0. The highest BCUT2D eigenvalue weighted by Crippen LogP contribution is 2.22. The molecule has 6 nitrogen and oxygen atoms in total. The number of anilines is 1. The highest BCUT2D eigenvalue weighted by molar-refractivity contribution is 9.10. The van der Waals surface area contributed by atoms with Crippen molar-refractivity contribution in [3.63, 3.8) is 0 Å². The third-order valence-electron chi connectivity index (χ3n) is 5.09. The second-order valence-corrected chi connectivity index (χ2v) is 8.07. The highest BCUT2D eigenvalue weighted by Gasteiger charge is 2.23. The number of amides is 1. The van der Waals surface area contributed by atoms with Gasteiger partial charge in [0.2, 0.25) is 5.91 Å². The number of aliphatic imine (C=N–C) groups is 1. The van der Waals surface area contributed by atoms with E-state index < -0.39 is 0 Å². The van der Waals surface area contributed by atoms with Gasteiger partial charge in [0.1, 0.15) is 0 Å². The lowest BCUT2D eigenvalue weighted by atomic mass is 10.2. The molecule has 7 heteroatoms. The Labute approximate surface area is 170 Å². The van der Waals surface area contributed by atoms with E-state index in [9.17, 15) is 4.79 Å². The lowest BCUT2D eigenvalue weighted by Gasteiger charge is -2.20. The van der Waals surface area contributed by atoms with Crippen LogP contribution in [0.1, 0.15) is 32.6 Å². The number of halogens is 1. The van der Waals surface area contributed by atoms with E-state index in [-0.39, 0.29) is 0 Å².